The molecule has 1 fully saturated rings. The number of rotatable bonds is 8. The molecule has 1 saturated carbocycles. The van der Waals surface area contributed by atoms with E-state index in [0.29, 0.717) is 18.0 Å². The van der Waals surface area contributed by atoms with E-state index in [2.05, 4.69) is 22.8 Å². The molecule has 7 heteroatoms. The van der Waals surface area contributed by atoms with Crippen LogP contribution in [-0.2, 0) is 6.54 Å². The molecule has 1 heterocycles. The third-order valence-electron chi connectivity index (χ3n) is 6.14. The number of ether oxygens (including phenoxy) is 2. The number of hydrogen-bond acceptors (Lipinski definition) is 7. The zero-order valence-corrected chi connectivity index (χ0v) is 19.4. The van der Waals surface area contributed by atoms with Gasteiger partial charge in [0.05, 0.1) is 19.7 Å². The van der Waals surface area contributed by atoms with Crippen LogP contribution in [0.1, 0.15) is 31.2 Å². The third-order valence-corrected chi connectivity index (χ3v) is 6.14. The van der Waals surface area contributed by atoms with Crippen LogP contribution in [0, 0.1) is 0 Å². The van der Waals surface area contributed by atoms with Crippen LogP contribution in [0.3, 0.4) is 0 Å². The van der Waals surface area contributed by atoms with E-state index in [4.69, 9.17) is 19.4 Å². The maximum absolute atomic E-state index is 5.52. The molecule has 0 bridgehead atoms. The van der Waals surface area contributed by atoms with Crippen LogP contribution < -0.4 is 25.0 Å². The maximum atomic E-state index is 5.52. The lowest BCUT2D eigenvalue weighted by Gasteiger charge is -2.30. The van der Waals surface area contributed by atoms with E-state index in [1.807, 2.05) is 49.3 Å². The van der Waals surface area contributed by atoms with Crippen molar-refractivity contribution >= 4 is 22.7 Å². The van der Waals surface area contributed by atoms with Crippen molar-refractivity contribution in [3.05, 3.63) is 48.0 Å². The van der Waals surface area contributed by atoms with Gasteiger partial charge in [0.1, 0.15) is 17.3 Å². The molecule has 2 N–H and O–H groups in total. The van der Waals surface area contributed by atoms with Crippen LogP contribution in [0.25, 0.3) is 10.9 Å². The first kappa shape index (κ1) is 22.1. The van der Waals surface area contributed by atoms with Crippen LogP contribution in [0.15, 0.2) is 42.5 Å². The van der Waals surface area contributed by atoms with Crippen molar-refractivity contribution in [2.24, 2.45) is 0 Å². The van der Waals surface area contributed by atoms with Crippen LogP contribution in [0.2, 0.25) is 0 Å². The fourth-order valence-electron chi connectivity index (χ4n) is 4.34. The standard InChI is InChI=1S/C25H33N5O2/c1-30(2)24-21-7-5-6-8-22(21)28-25(29-24)27-19-12-10-18(11-13-19)26-16-17-9-14-20(31-3)15-23(17)32-4/h5-9,14-15,18-19,26H,10-13,16H2,1-4H3,(H,27,28,29)/t18-,19+. The number of benzene rings is 2. The van der Waals surface area contributed by atoms with Gasteiger partial charge in [-0.1, -0.05) is 18.2 Å². The highest BCUT2D eigenvalue weighted by Crippen LogP contribution is 2.28. The molecule has 0 saturated heterocycles. The minimum Gasteiger partial charge on any atom is -0.497 e. The van der Waals surface area contributed by atoms with Crippen LogP contribution in [0.4, 0.5) is 11.8 Å². The Balaban J connectivity index is 1.34. The number of anilines is 2. The fourth-order valence-corrected chi connectivity index (χ4v) is 4.34. The highest BCUT2D eigenvalue weighted by molar-refractivity contribution is 5.90. The first-order valence-corrected chi connectivity index (χ1v) is 11.2. The summed E-state index contributed by atoms with van der Waals surface area (Å²) in [7, 11) is 7.41. The second kappa shape index (κ2) is 10.0. The molecular weight excluding hydrogens is 402 g/mol. The van der Waals surface area contributed by atoms with Crippen molar-refractivity contribution in [2.75, 3.05) is 38.5 Å². The molecule has 7 nitrogen and oxygen atoms in total. The molecule has 2 aromatic carbocycles. The SMILES string of the molecule is COc1ccc(CN[C@H]2CC[C@@H](Nc3nc(N(C)C)c4ccccc4n3)CC2)c(OC)c1. The summed E-state index contributed by atoms with van der Waals surface area (Å²) in [6, 6.07) is 15.0. The third kappa shape index (κ3) is 5.05. The summed E-state index contributed by atoms with van der Waals surface area (Å²) in [6.45, 7) is 0.788. The van der Waals surface area contributed by atoms with Crippen molar-refractivity contribution in [1.82, 2.24) is 15.3 Å². The first-order chi connectivity index (χ1) is 15.6. The summed E-state index contributed by atoms with van der Waals surface area (Å²) >= 11 is 0. The number of methoxy groups -OCH3 is 2. The first-order valence-electron chi connectivity index (χ1n) is 11.2. The molecule has 0 atom stereocenters. The van der Waals surface area contributed by atoms with Gasteiger partial charge < -0.3 is 25.0 Å². The normalized spacial score (nSPS) is 18.4. The topological polar surface area (TPSA) is 71.5 Å². The van der Waals surface area contributed by atoms with Gasteiger partial charge in [0, 0.05) is 49.7 Å². The van der Waals surface area contributed by atoms with Crippen molar-refractivity contribution in [3.8, 4) is 11.5 Å². The fraction of sp³-hybridized carbons (Fsp3) is 0.440. The molecule has 170 valence electrons. The lowest BCUT2D eigenvalue weighted by Crippen LogP contribution is -2.37. The predicted molar refractivity (Wildman–Crippen MR) is 130 cm³/mol. The number of hydrogen-bond donors (Lipinski definition) is 2. The van der Waals surface area contributed by atoms with Crippen molar-refractivity contribution in [2.45, 2.75) is 44.3 Å². The van der Waals surface area contributed by atoms with Crippen molar-refractivity contribution in [3.63, 3.8) is 0 Å². The molecule has 0 aliphatic heterocycles. The zero-order valence-electron chi connectivity index (χ0n) is 19.4. The van der Waals surface area contributed by atoms with Gasteiger partial charge in [-0.05, 0) is 43.9 Å². The molecule has 0 spiro atoms. The summed E-state index contributed by atoms with van der Waals surface area (Å²) < 4.78 is 10.8. The van der Waals surface area contributed by atoms with Gasteiger partial charge in [-0.2, -0.15) is 4.98 Å². The van der Waals surface area contributed by atoms with Crippen molar-refractivity contribution < 1.29 is 9.47 Å². The maximum Gasteiger partial charge on any atom is 0.225 e. The average Bonchev–Trinajstić information content (AvgIpc) is 2.83. The molecule has 1 aliphatic rings. The Labute approximate surface area is 190 Å². The van der Waals surface area contributed by atoms with E-state index in [9.17, 15) is 0 Å². The number of nitrogens with zero attached hydrogens (tertiary/aromatic N) is 3. The summed E-state index contributed by atoms with van der Waals surface area (Å²) in [5.41, 5.74) is 2.12. The predicted octanol–water partition coefficient (Wildman–Crippen LogP) is 4.23. The molecule has 1 aliphatic carbocycles. The quantitative estimate of drug-likeness (QED) is 0.549. The largest absolute Gasteiger partial charge is 0.497 e. The van der Waals surface area contributed by atoms with Gasteiger partial charge in [-0.15, -0.1) is 0 Å². The monoisotopic (exact) mass is 435 g/mol. The Bertz CT molecular complexity index is 1050. The number of para-hydroxylation sites is 1. The number of aromatic nitrogens is 2. The molecule has 0 radical (unpaired) electrons. The Hall–Kier alpha value is -3.06. The Morgan fingerprint density at radius 3 is 2.41 bits per heavy atom. The highest BCUT2D eigenvalue weighted by atomic mass is 16.5. The van der Waals surface area contributed by atoms with Crippen molar-refractivity contribution in [1.29, 1.82) is 0 Å². The Morgan fingerprint density at radius 1 is 0.938 bits per heavy atom. The van der Waals surface area contributed by atoms with Crippen LogP contribution in [0.5, 0.6) is 11.5 Å². The Morgan fingerprint density at radius 2 is 1.69 bits per heavy atom. The number of nitrogens with one attached hydrogen (secondary N) is 2. The van der Waals surface area contributed by atoms with E-state index in [0.717, 1.165) is 66.0 Å². The molecule has 0 unspecified atom stereocenters. The summed E-state index contributed by atoms with van der Waals surface area (Å²) in [6.07, 6.45) is 4.41. The van der Waals surface area contributed by atoms with Gasteiger partial charge in [-0.25, -0.2) is 4.98 Å². The Kier molecular flexibility index (Phi) is 6.95. The van der Waals surface area contributed by atoms with E-state index in [1.54, 1.807) is 14.2 Å². The van der Waals surface area contributed by atoms with Gasteiger partial charge in [0.25, 0.3) is 0 Å². The second-order valence-corrected chi connectivity index (χ2v) is 8.53. The van der Waals surface area contributed by atoms with Crippen LogP contribution >= 0.6 is 0 Å². The average molecular weight is 436 g/mol. The van der Waals surface area contributed by atoms with Gasteiger partial charge in [0.15, 0.2) is 0 Å². The van der Waals surface area contributed by atoms with E-state index in [-0.39, 0.29) is 0 Å². The molecule has 1 aromatic heterocycles. The molecular formula is C25H33N5O2. The van der Waals surface area contributed by atoms with E-state index >= 15 is 0 Å². The van der Waals surface area contributed by atoms with Gasteiger partial charge >= 0.3 is 0 Å². The smallest absolute Gasteiger partial charge is 0.225 e. The summed E-state index contributed by atoms with van der Waals surface area (Å²) in [4.78, 5) is 11.6. The van der Waals surface area contributed by atoms with Crippen LogP contribution in [-0.4, -0.2) is 50.4 Å². The lowest BCUT2D eigenvalue weighted by molar-refractivity contribution is 0.347. The second-order valence-electron chi connectivity index (χ2n) is 8.53. The lowest BCUT2D eigenvalue weighted by atomic mass is 9.91. The van der Waals surface area contributed by atoms with Gasteiger partial charge in [0.2, 0.25) is 5.95 Å². The van der Waals surface area contributed by atoms with E-state index in [1.165, 1.54) is 0 Å². The summed E-state index contributed by atoms with van der Waals surface area (Å²) in [5.74, 6) is 3.33. The minimum atomic E-state index is 0.389. The van der Waals surface area contributed by atoms with Gasteiger partial charge in [-0.3, -0.25) is 0 Å². The van der Waals surface area contributed by atoms with E-state index < -0.39 is 0 Å². The molecule has 32 heavy (non-hydrogen) atoms. The number of fused-ring (bicyclic) bond motifs is 1. The minimum absolute atomic E-state index is 0.389. The zero-order chi connectivity index (χ0) is 22.5. The highest BCUT2D eigenvalue weighted by Gasteiger charge is 2.22. The molecule has 4 rings (SSSR count). The summed E-state index contributed by atoms with van der Waals surface area (Å²) in [5, 5.41) is 8.35. The molecule has 0 amide bonds. The molecule has 3 aromatic rings.